The van der Waals surface area contributed by atoms with Gasteiger partial charge in [-0.3, -0.25) is 4.90 Å². The first-order valence-corrected chi connectivity index (χ1v) is 10.6. The van der Waals surface area contributed by atoms with Crippen LogP contribution in [0.4, 0.5) is 0 Å². The maximum atomic E-state index is 9.61. The van der Waals surface area contributed by atoms with Crippen LogP contribution in [0.25, 0.3) is 0 Å². The van der Waals surface area contributed by atoms with E-state index in [4.69, 9.17) is 4.99 Å². The van der Waals surface area contributed by atoms with Crippen molar-refractivity contribution in [3.8, 4) is 0 Å². The van der Waals surface area contributed by atoms with E-state index < -0.39 is 0 Å². The van der Waals surface area contributed by atoms with Crippen LogP contribution in [0.5, 0.6) is 0 Å². The number of piperidine rings is 1. The highest BCUT2D eigenvalue weighted by Crippen LogP contribution is 2.14. The van der Waals surface area contributed by atoms with Gasteiger partial charge in [-0.25, -0.2) is 4.99 Å². The molecular weight excluding hydrogens is 356 g/mol. The Morgan fingerprint density at radius 3 is 2.56 bits per heavy atom. The van der Waals surface area contributed by atoms with E-state index in [9.17, 15) is 5.11 Å². The van der Waals surface area contributed by atoms with Crippen LogP contribution in [-0.4, -0.2) is 41.7 Å². The van der Waals surface area contributed by atoms with Crippen LogP contribution >= 0.6 is 11.3 Å². The number of nitrogens with one attached hydrogen (secondary N) is 2. The van der Waals surface area contributed by atoms with E-state index in [1.54, 1.807) is 11.3 Å². The summed E-state index contributed by atoms with van der Waals surface area (Å²) >= 11 is 1.75. The second-order valence-electron chi connectivity index (χ2n) is 6.95. The van der Waals surface area contributed by atoms with Crippen LogP contribution < -0.4 is 10.6 Å². The van der Waals surface area contributed by atoms with Gasteiger partial charge < -0.3 is 15.7 Å². The van der Waals surface area contributed by atoms with Crippen molar-refractivity contribution >= 4 is 17.3 Å². The molecule has 1 saturated heterocycles. The van der Waals surface area contributed by atoms with Gasteiger partial charge in [-0.05, 0) is 42.3 Å². The number of guanidine groups is 1. The molecule has 0 amide bonds. The molecule has 0 unspecified atom stereocenters. The molecule has 0 bridgehead atoms. The molecule has 2 heterocycles. The molecule has 1 aliphatic rings. The van der Waals surface area contributed by atoms with E-state index in [2.05, 4.69) is 64.2 Å². The lowest BCUT2D eigenvalue weighted by atomic mass is 10.1. The van der Waals surface area contributed by atoms with Gasteiger partial charge in [0.25, 0.3) is 0 Å². The van der Waals surface area contributed by atoms with Crippen molar-refractivity contribution in [1.29, 1.82) is 0 Å². The van der Waals surface area contributed by atoms with E-state index in [-0.39, 0.29) is 6.10 Å². The Morgan fingerprint density at radius 1 is 1.15 bits per heavy atom. The number of hydrogen-bond acceptors (Lipinski definition) is 4. The maximum absolute atomic E-state index is 9.61. The third-order valence-corrected chi connectivity index (χ3v) is 5.64. The van der Waals surface area contributed by atoms with Gasteiger partial charge >= 0.3 is 0 Å². The molecule has 6 heteroatoms. The molecule has 2 aromatic rings. The summed E-state index contributed by atoms with van der Waals surface area (Å²) in [5.74, 6) is 0.849. The fourth-order valence-electron chi connectivity index (χ4n) is 3.18. The molecule has 1 aromatic carbocycles. The van der Waals surface area contributed by atoms with E-state index in [1.807, 2.05) is 0 Å². The molecule has 0 radical (unpaired) electrons. The Kier molecular flexibility index (Phi) is 7.68. The average molecular weight is 387 g/mol. The molecule has 1 aromatic heterocycles. The zero-order valence-corrected chi connectivity index (χ0v) is 16.8. The van der Waals surface area contributed by atoms with Crippen LogP contribution in [0.3, 0.4) is 0 Å². The Bertz CT molecular complexity index is 691. The molecule has 1 aliphatic heterocycles. The lowest BCUT2D eigenvalue weighted by Crippen LogP contribution is -2.36. The second kappa shape index (κ2) is 10.4. The molecule has 0 spiro atoms. The number of aliphatic hydroxyl groups is 1. The smallest absolute Gasteiger partial charge is 0.191 e. The standard InChI is InChI=1S/C21H30N4OS/c1-2-22-21(24-15-20-4-3-13-27-20)23-14-17-5-7-18(8-6-17)16-25-11-9-19(26)10-12-25/h3-8,13,19,26H,2,9-12,14-16H2,1H3,(H2,22,23,24). The fourth-order valence-corrected chi connectivity index (χ4v) is 3.83. The van der Waals surface area contributed by atoms with Crippen molar-refractivity contribution in [2.45, 2.75) is 45.5 Å². The molecule has 5 nitrogen and oxygen atoms in total. The Balaban J connectivity index is 1.50. The fraction of sp³-hybridized carbons (Fsp3) is 0.476. The van der Waals surface area contributed by atoms with E-state index in [0.717, 1.165) is 51.5 Å². The maximum Gasteiger partial charge on any atom is 0.191 e. The lowest BCUT2D eigenvalue weighted by molar-refractivity contribution is 0.0792. The van der Waals surface area contributed by atoms with E-state index >= 15 is 0 Å². The molecule has 0 aliphatic carbocycles. The van der Waals surface area contributed by atoms with Crippen molar-refractivity contribution in [2.75, 3.05) is 19.6 Å². The Labute approximate surface area is 166 Å². The van der Waals surface area contributed by atoms with Gasteiger partial charge in [-0.15, -0.1) is 11.3 Å². The Hall–Kier alpha value is -1.89. The second-order valence-corrected chi connectivity index (χ2v) is 7.98. The van der Waals surface area contributed by atoms with Gasteiger partial charge in [-0.2, -0.15) is 0 Å². The van der Waals surface area contributed by atoms with Crippen LogP contribution in [0.15, 0.2) is 46.8 Å². The summed E-state index contributed by atoms with van der Waals surface area (Å²) in [6.07, 6.45) is 1.66. The number of nitrogens with zero attached hydrogens (tertiary/aromatic N) is 2. The van der Waals surface area contributed by atoms with E-state index in [0.29, 0.717) is 6.54 Å². The third-order valence-electron chi connectivity index (χ3n) is 4.76. The van der Waals surface area contributed by atoms with Gasteiger partial charge in [0.2, 0.25) is 0 Å². The highest BCUT2D eigenvalue weighted by molar-refractivity contribution is 7.09. The highest BCUT2D eigenvalue weighted by atomic mass is 32.1. The molecule has 1 fully saturated rings. The first kappa shape index (κ1) is 19.9. The first-order chi connectivity index (χ1) is 13.2. The minimum absolute atomic E-state index is 0.110. The van der Waals surface area contributed by atoms with Gasteiger partial charge in [0, 0.05) is 31.1 Å². The van der Waals surface area contributed by atoms with Gasteiger partial charge in [0.15, 0.2) is 5.96 Å². The monoisotopic (exact) mass is 386 g/mol. The Morgan fingerprint density at radius 2 is 1.89 bits per heavy atom. The number of aliphatic hydroxyl groups excluding tert-OH is 1. The molecule has 3 N–H and O–H groups in total. The summed E-state index contributed by atoms with van der Waals surface area (Å²) in [5, 5.41) is 18.4. The highest BCUT2D eigenvalue weighted by Gasteiger charge is 2.16. The lowest BCUT2D eigenvalue weighted by Gasteiger charge is -2.29. The molecule has 0 atom stereocenters. The van der Waals surface area contributed by atoms with Crippen molar-refractivity contribution in [2.24, 2.45) is 4.99 Å². The number of benzene rings is 1. The number of thiophene rings is 1. The molecule has 146 valence electrons. The quantitative estimate of drug-likeness (QED) is 0.506. The molecule has 0 saturated carbocycles. The van der Waals surface area contributed by atoms with Gasteiger partial charge in [0.1, 0.15) is 0 Å². The average Bonchev–Trinajstić information content (AvgIpc) is 3.21. The number of aliphatic imine (C=N–C) groups is 1. The van der Waals surface area contributed by atoms with Crippen LogP contribution in [0.2, 0.25) is 0 Å². The summed E-state index contributed by atoms with van der Waals surface area (Å²) in [6.45, 7) is 7.31. The summed E-state index contributed by atoms with van der Waals surface area (Å²) < 4.78 is 0. The minimum atomic E-state index is -0.110. The third kappa shape index (κ3) is 6.65. The van der Waals surface area contributed by atoms with Crippen molar-refractivity contribution < 1.29 is 5.11 Å². The van der Waals surface area contributed by atoms with Gasteiger partial charge in [0.05, 0.1) is 19.2 Å². The molecule has 3 rings (SSSR count). The number of rotatable bonds is 7. The normalized spacial score (nSPS) is 16.4. The van der Waals surface area contributed by atoms with Crippen molar-refractivity contribution in [1.82, 2.24) is 15.5 Å². The number of likely N-dealkylation sites (tertiary alicyclic amines) is 1. The largest absolute Gasteiger partial charge is 0.393 e. The summed E-state index contributed by atoms with van der Waals surface area (Å²) in [6, 6.07) is 12.9. The van der Waals surface area contributed by atoms with Crippen LogP contribution in [-0.2, 0) is 19.6 Å². The van der Waals surface area contributed by atoms with Crippen LogP contribution in [0, 0.1) is 0 Å². The zero-order valence-electron chi connectivity index (χ0n) is 16.0. The van der Waals surface area contributed by atoms with E-state index in [1.165, 1.54) is 16.0 Å². The summed E-state index contributed by atoms with van der Waals surface area (Å²) in [7, 11) is 0. The van der Waals surface area contributed by atoms with Crippen molar-refractivity contribution in [3.05, 3.63) is 57.8 Å². The predicted octanol–water partition coefficient (Wildman–Crippen LogP) is 2.96. The predicted molar refractivity (Wildman–Crippen MR) is 113 cm³/mol. The summed E-state index contributed by atoms with van der Waals surface area (Å²) in [4.78, 5) is 8.41. The van der Waals surface area contributed by atoms with Crippen LogP contribution in [0.1, 0.15) is 35.8 Å². The molecular formula is C21H30N4OS. The van der Waals surface area contributed by atoms with Crippen molar-refractivity contribution in [3.63, 3.8) is 0 Å². The topological polar surface area (TPSA) is 59.9 Å². The summed E-state index contributed by atoms with van der Waals surface area (Å²) in [5.41, 5.74) is 2.53. The number of hydrogen-bond donors (Lipinski definition) is 3. The minimum Gasteiger partial charge on any atom is -0.393 e. The zero-order chi connectivity index (χ0) is 18.9. The molecule has 27 heavy (non-hydrogen) atoms. The SMILES string of the molecule is CCNC(=NCc1ccc(CN2CCC(O)CC2)cc1)NCc1cccs1. The first-order valence-electron chi connectivity index (χ1n) is 9.75. The van der Waals surface area contributed by atoms with Gasteiger partial charge in [-0.1, -0.05) is 30.3 Å².